The number of nitrogens with one attached hydrogen (secondary N) is 1. The van der Waals surface area contributed by atoms with Crippen LogP contribution < -0.4 is 25.4 Å². The van der Waals surface area contributed by atoms with E-state index in [0.717, 1.165) is 0 Å². The molecule has 0 saturated carbocycles. The number of hydrogen-bond acceptors (Lipinski definition) is 9. The first-order valence-electron chi connectivity index (χ1n) is 10.8. The molecule has 0 aliphatic carbocycles. The van der Waals surface area contributed by atoms with Crippen molar-refractivity contribution in [2.75, 3.05) is 44.5 Å². The average molecular weight is 450 g/mol. The van der Waals surface area contributed by atoms with Crippen LogP contribution in [0.25, 0.3) is 10.9 Å². The molecule has 9 nitrogen and oxygen atoms in total. The summed E-state index contributed by atoms with van der Waals surface area (Å²) < 4.78 is 10.7. The minimum absolute atomic E-state index is 0.0407. The van der Waals surface area contributed by atoms with Gasteiger partial charge in [-0.25, -0.2) is 4.98 Å². The minimum atomic E-state index is -0.487. The van der Waals surface area contributed by atoms with Crippen molar-refractivity contribution in [3.8, 4) is 11.5 Å². The molecular weight excluding hydrogens is 422 g/mol. The molecule has 172 valence electrons. The summed E-state index contributed by atoms with van der Waals surface area (Å²) >= 11 is 0. The molecule has 0 spiro atoms. The number of ketones is 2. The Morgan fingerprint density at radius 2 is 1.82 bits per heavy atom. The van der Waals surface area contributed by atoms with E-state index < -0.39 is 6.04 Å². The smallest absolute Gasteiger partial charge is 0.228 e. The molecular formula is C24H27N5O4. The molecule has 33 heavy (non-hydrogen) atoms. The number of piperazine rings is 1. The number of ether oxygens (including phenoxy) is 2. The van der Waals surface area contributed by atoms with E-state index in [9.17, 15) is 9.59 Å². The van der Waals surface area contributed by atoms with Gasteiger partial charge in [0.2, 0.25) is 5.95 Å². The van der Waals surface area contributed by atoms with Crippen LogP contribution >= 0.6 is 0 Å². The van der Waals surface area contributed by atoms with Crippen LogP contribution in [0.1, 0.15) is 23.2 Å². The van der Waals surface area contributed by atoms with Gasteiger partial charge in [0.15, 0.2) is 23.1 Å². The van der Waals surface area contributed by atoms with Crippen LogP contribution in [0.4, 0.5) is 11.8 Å². The van der Waals surface area contributed by atoms with Gasteiger partial charge in [0.1, 0.15) is 11.9 Å². The summed E-state index contributed by atoms with van der Waals surface area (Å²) in [4.78, 5) is 36.5. The maximum Gasteiger partial charge on any atom is 0.228 e. The number of carbonyl (C=O) groups excluding carboxylic acids is 2. The first kappa shape index (κ1) is 22.5. The Kier molecular flexibility index (Phi) is 6.69. The maximum atomic E-state index is 13.1. The Bertz CT molecular complexity index is 1170. The highest BCUT2D eigenvalue weighted by atomic mass is 16.5. The number of methoxy groups -OCH3 is 2. The molecule has 3 aromatic rings. The Hall–Kier alpha value is -3.72. The van der Waals surface area contributed by atoms with E-state index in [4.69, 9.17) is 15.2 Å². The number of fused-ring (bicyclic) bond motifs is 1. The SMILES string of the molecule is COc1cc2nc(N3CCNCC3C(=O)CCC(=O)c3ccccc3)nc(N)c2cc1OC. The molecule has 9 heteroatoms. The normalized spacial score (nSPS) is 15.9. The van der Waals surface area contributed by atoms with Gasteiger partial charge in [0, 0.05) is 49.5 Å². The van der Waals surface area contributed by atoms with Gasteiger partial charge in [-0.2, -0.15) is 4.98 Å². The number of hydrogen-bond donors (Lipinski definition) is 2. The van der Waals surface area contributed by atoms with Crippen LogP contribution in [0.5, 0.6) is 11.5 Å². The molecule has 1 aliphatic heterocycles. The van der Waals surface area contributed by atoms with Gasteiger partial charge in [0.05, 0.1) is 19.7 Å². The van der Waals surface area contributed by atoms with Crippen LogP contribution in [0, 0.1) is 0 Å². The molecule has 4 rings (SSSR count). The summed E-state index contributed by atoms with van der Waals surface area (Å²) in [5.41, 5.74) is 7.45. The molecule has 1 aromatic heterocycles. The average Bonchev–Trinajstić information content (AvgIpc) is 2.86. The van der Waals surface area contributed by atoms with Crippen molar-refractivity contribution in [3.05, 3.63) is 48.0 Å². The van der Waals surface area contributed by atoms with E-state index >= 15 is 0 Å². The number of Topliss-reactive ketones (excluding diaryl/α,β-unsaturated/α-hetero) is 2. The van der Waals surface area contributed by atoms with Crippen molar-refractivity contribution in [1.29, 1.82) is 0 Å². The number of benzene rings is 2. The van der Waals surface area contributed by atoms with E-state index in [1.807, 2.05) is 23.1 Å². The highest BCUT2D eigenvalue weighted by molar-refractivity contribution is 5.99. The zero-order valence-electron chi connectivity index (χ0n) is 18.7. The lowest BCUT2D eigenvalue weighted by atomic mass is 10.0. The summed E-state index contributed by atoms with van der Waals surface area (Å²) in [7, 11) is 3.10. The fourth-order valence-electron chi connectivity index (χ4n) is 4.00. The summed E-state index contributed by atoms with van der Waals surface area (Å²) in [5.74, 6) is 1.64. The van der Waals surface area contributed by atoms with E-state index in [-0.39, 0.29) is 24.4 Å². The number of aromatic nitrogens is 2. The Labute approximate surface area is 191 Å². The summed E-state index contributed by atoms with van der Waals surface area (Å²) in [6.07, 6.45) is 0.301. The molecule has 1 aliphatic rings. The number of nitrogen functional groups attached to an aromatic ring is 1. The lowest BCUT2D eigenvalue weighted by Gasteiger charge is -2.35. The van der Waals surface area contributed by atoms with Gasteiger partial charge in [-0.05, 0) is 6.07 Å². The first-order valence-corrected chi connectivity index (χ1v) is 10.8. The van der Waals surface area contributed by atoms with Crippen molar-refractivity contribution in [3.63, 3.8) is 0 Å². The number of rotatable bonds is 8. The van der Waals surface area contributed by atoms with Gasteiger partial charge in [-0.3, -0.25) is 9.59 Å². The molecule has 0 amide bonds. The van der Waals surface area contributed by atoms with Gasteiger partial charge >= 0.3 is 0 Å². The van der Waals surface area contributed by atoms with E-state index in [1.165, 1.54) is 0 Å². The van der Waals surface area contributed by atoms with E-state index in [0.29, 0.717) is 59.4 Å². The van der Waals surface area contributed by atoms with E-state index in [2.05, 4.69) is 15.3 Å². The Morgan fingerprint density at radius 1 is 1.09 bits per heavy atom. The van der Waals surface area contributed by atoms with Crippen molar-refractivity contribution in [2.45, 2.75) is 18.9 Å². The Morgan fingerprint density at radius 3 is 2.55 bits per heavy atom. The second-order valence-corrected chi connectivity index (χ2v) is 7.80. The van der Waals surface area contributed by atoms with Crippen LogP contribution in [0.3, 0.4) is 0 Å². The monoisotopic (exact) mass is 449 g/mol. The van der Waals surface area contributed by atoms with Crippen LogP contribution in [-0.4, -0.2) is 61.4 Å². The lowest BCUT2D eigenvalue weighted by Crippen LogP contribution is -2.55. The largest absolute Gasteiger partial charge is 0.493 e. The van der Waals surface area contributed by atoms with Crippen LogP contribution in [-0.2, 0) is 4.79 Å². The molecule has 3 N–H and O–H groups in total. The molecule has 2 aromatic carbocycles. The molecule has 1 atom stereocenters. The molecule has 0 radical (unpaired) electrons. The number of nitrogens with two attached hydrogens (primary N) is 1. The second-order valence-electron chi connectivity index (χ2n) is 7.80. The standard InChI is InChI=1S/C24H27N5O4/c1-32-21-12-16-17(13-22(21)33-2)27-24(28-23(16)25)29-11-10-26-14-18(29)20(31)9-8-19(30)15-6-4-3-5-7-15/h3-7,12-13,18,26H,8-11,14H2,1-2H3,(H2,25,27,28). The van der Waals surface area contributed by atoms with Crippen molar-refractivity contribution < 1.29 is 19.1 Å². The second kappa shape index (κ2) is 9.83. The Balaban J connectivity index is 1.57. The summed E-state index contributed by atoms with van der Waals surface area (Å²) in [5, 5.41) is 3.89. The van der Waals surface area contributed by atoms with Gasteiger partial charge in [0.25, 0.3) is 0 Å². The maximum absolute atomic E-state index is 13.1. The highest BCUT2D eigenvalue weighted by Gasteiger charge is 2.31. The quantitative estimate of drug-likeness (QED) is 0.499. The lowest BCUT2D eigenvalue weighted by molar-refractivity contribution is -0.120. The van der Waals surface area contributed by atoms with Gasteiger partial charge in [-0.1, -0.05) is 30.3 Å². The van der Waals surface area contributed by atoms with Crippen molar-refractivity contribution >= 4 is 34.2 Å². The highest BCUT2D eigenvalue weighted by Crippen LogP contribution is 2.34. The van der Waals surface area contributed by atoms with Gasteiger partial charge < -0.3 is 25.4 Å². The van der Waals surface area contributed by atoms with E-state index in [1.54, 1.807) is 38.5 Å². The summed E-state index contributed by atoms with van der Waals surface area (Å²) in [6, 6.07) is 12.0. The van der Waals surface area contributed by atoms with Crippen LogP contribution in [0.2, 0.25) is 0 Å². The molecule has 1 fully saturated rings. The molecule has 1 saturated heterocycles. The zero-order chi connectivity index (χ0) is 23.4. The third-order valence-corrected chi connectivity index (χ3v) is 5.78. The zero-order valence-corrected chi connectivity index (χ0v) is 18.7. The predicted octanol–water partition coefficient (Wildman–Crippen LogP) is 2.24. The topological polar surface area (TPSA) is 120 Å². The predicted molar refractivity (Wildman–Crippen MR) is 126 cm³/mol. The van der Waals surface area contributed by atoms with Crippen molar-refractivity contribution in [2.24, 2.45) is 0 Å². The van der Waals surface area contributed by atoms with Gasteiger partial charge in [-0.15, -0.1) is 0 Å². The number of carbonyl (C=O) groups is 2. The third kappa shape index (κ3) is 4.73. The first-order chi connectivity index (χ1) is 16.0. The summed E-state index contributed by atoms with van der Waals surface area (Å²) in [6.45, 7) is 1.67. The molecule has 1 unspecified atom stereocenters. The third-order valence-electron chi connectivity index (χ3n) is 5.78. The molecule has 2 heterocycles. The minimum Gasteiger partial charge on any atom is -0.493 e. The fourth-order valence-corrected chi connectivity index (χ4v) is 4.00. The molecule has 0 bridgehead atoms. The van der Waals surface area contributed by atoms with Crippen LogP contribution in [0.15, 0.2) is 42.5 Å². The number of anilines is 2. The number of nitrogens with zero attached hydrogens (tertiary/aromatic N) is 3. The fraction of sp³-hybridized carbons (Fsp3) is 0.333. The van der Waals surface area contributed by atoms with Crippen molar-refractivity contribution in [1.82, 2.24) is 15.3 Å².